The lowest BCUT2D eigenvalue weighted by atomic mass is 9.97. The van der Waals surface area contributed by atoms with E-state index in [1.165, 1.54) is 87.5 Å². The molecule has 0 saturated carbocycles. The van der Waals surface area contributed by atoms with E-state index in [4.69, 9.17) is 0 Å². The summed E-state index contributed by atoms with van der Waals surface area (Å²) in [5, 5.41) is 10.2. The molecule has 1 heterocycles. The van der Waals surface area contributed by atoms with Gasteiger partial charge in [-0.15, -0.1) is 0 Å². The Morgan fingerprint density at radius 3 is 1.71 bits per heavy atom. The highest BCUT2D eigenvalue weighted by molar-refractivity contribution is 6.17. The van der Waals surface area contributed by atoms with Gasteiger partial charge in [0.2, 0.25) is 0 Å². The number of hydrogen-bond donors (Lipinski definition) is 0. The molecule has 1 aliphatic rings. The number of benzene rings is 10. The Kier molecular flexibility index (Phi) is 6.66. The molecule has 2 nitrogen and oxygen atoms in total. The van der Waals surface area contributed by atoms with Crippen molar-refractivity contribution in [1.29, 1.82) is 0 Å². The third kappa shape index (κ3) is 4.63. The highest BCUT2D eigenvalue weighted by atomic mass is 15.1. The number of rotatable bonds is 5. The molecule has 1 aromatic heterocycles. The Morgan fingerprint density at radius 1 is 0.304 bits per heavy atom. The van der Waals surface area contributed by atoms with Crippen molar-refractivity contribution in [2.24, 2.45) is 0 Å². The van der Waals surface area contributed by atoms with Crippen LogP contribution >= 0.6 is 0 Å². The molecular weight excluding hydrogens is 677 g/mol. The van der Waals surface area contributed by atoms with Crippen LogP contribution < -0.4 is 4.90 Å². The van der Waals surface area contributed by atoms with Gasteiger partial charge in [0.15, 0.2) is 0 Å². The predicted octanol–water partition coefficient (Wildman–Crippen LogP) is 15.0. The van der Waals surface area contributed by atoms with Crippen LogP contribution in [0.1, 0.15) is 0 Å². The van der Waals surface area contributed by atoms with Crippen molar-refractivity contribution in [3.8, 4) is 39.1 Å². The molecule has 0 N–H and O–H groups in total. The van der Waals surface area contributed by atoms with Gasteiger partial charge in [-0.05, 0) is 126 Å². The van der Waals surface area contributed by atoms with Crippen molar-refractivity contribution < 1.29 is 0 Å². The summed E-state index contributed by atoms with van der Waals surface area (Å²) < 4.78 is 2.41. The lowest BCUT2D eigenvalue weighted by molar-refractivity contribution is 1.17. The van der Waals surface area contributed by atoms with Crippen molar-refractivity contribution in [2.45, 2.75) is 0 Å². The Hall–Kier alpha value is -7.42. The minimum atomic E-state index is 1.10. The maximum absolute atomic E-state index is 2.44. The lowest BCUT2D eigenvalue weighted by Gasteiger charge is -2.27. The van der Waals surface area contributed by atoms with Gasteiger partial charge in [-0.1, -0.05) is 146 Å². The summed E-state index contributed by atoms with van der Waals surface area (Å²) in [6, 6.07) is 75.9. The first-order valence-electron chi connectivity index (χ1n) is 19.3. The minimum Gasteiger partial charge on any atom is -0.310 e. The number of fused-ring (bicyclic) bond motifs is 9. The second-order valence-electron chi connectivity index (χ2n) is 14.9. The number of anilines is 3. The number of hydrogen-bond acceptors (Lipinski definition) is 1. The fourth-order valence-electron chi connectivity index (χ4n) is 9.37. The summed E-state index contributed by atoms with van der Waals surface area (Å²) in [6.45, 7) is 0. The lowest BCUT2D eigenvalue weighted by Crippen LogP contribution is -2.11. The molecule has 0 amide bonds. The average molecular weight is 711 g/mol. The van der Waals surface area contributed by atoms with Crippen LogP contribution in [0.25, 0.3) is 93.2 Å². The number of nitrogens with zero attached hydrogens (tertiary/aromatic N) is 2. The van der Waals surface area contributed by atoms with E-state index >= 15 is 0 Å². The number of para-hydroxylation sites is 2. The largest absolute Gasteiger partial charge is 0.310 e. The van der Waals surface area contributed by atoms with E-state index in [1.54, 1.807) is 0 Å². The van der Waals surface area contributed by atoms with Gasteiger partial charge in [0.1, 0.15) is 0 Å². The van der Waals surface area contributed by atoms with E-state index < -0.39 is 0 Å². The van der Waals surface area contributed by atoms with Gasteiger partial charge in [0.25, 0.3) is 0 Å². The van der Waals surface area contributed by atoms with Crippen LogP contribution in [0.2, 0.25) is 0 Å². The first-order valence-corrected chi connectivity index (χ1v) is 19.3. The van der Waals surface area contributed by atoms with Gasteiger partial charge in [0, 0.05) is 33.5 Å². The Balaban J connectivity index is 1.07. The van der Waals surface area contributed by atoms with Gasteiger partial charge in [0.05, 0.1) is 11.0 Å². The third-order valence-corrected chi connectivity index (χ3v) is 11.8. The van der Waals surface area contributed by atoms with Gasteiger partial charge in [-0.2, -0.15) is 0 Å². The molecule has 0 fully saturated rings. The molecule has 12 rings (SSSR count). The van der Waals surface area contributed by atoms with Crippen LogP contribution in [0.15, 0.2) is 206 Å². The van der Waals surface area contributed by atoms with Gasteiger partial charge in [-0.3, -0.25) is 0 Å². The quantitative estimate of drug-likeness (QED) is 0.161. The molecule has 260 valence electrons. The van der Waals surface area contributed by atoms with Crippen LogP contribution in [-0.4, -0.2) is 4.57 Å². The molecule has 56 heavy (non-hydrogen) atoms. The summed E-state index contributed by atoms with van der Waals surface area (Å²) in [4.78, 5) is 2.44. The van der Waals surface area contributed by atoms with E-state index in [0.717, 1.165) is 22.7 Å². The minimum absolute atomic E-state index is 1.10. The molecule has 10 aromatic carbocycles. The van der Waals surface area contributed by atoms with E-state index in [9.17, 15) is 0 Å². The summed E-state index contributed by atoms with van der Waals surface area (Å²) in [5.41, 5.74) is 14.4. The third-order valence-electron chi connectivity index (χ3n) is 11.8. The maximum Gasteiger partial charge on any atom is 0.0541 e. The van der Waals surface area contributed by atoms with Crippen molar-refractivity contribution >= 4 is 71.2 Å². The smallest absolute Gasteiger partial charge is 0.0541 e. The Morgan fingerprint density at radius 2 is 0.893 bits per heavy atom. The van der Waals surface area contributed by atoms with Crippen LogP contribution in [-0.2, 0) is 0 Å². The second kappa shape index (κ2) is 12.0. The topological polar surface area (TPSA) is 8.17 Å². The highest BCUT2D eigenvalue weighted by Gasteiger charge is 2.24. The summed E-state index contributed by atoms with van der Waals surface area (Å²) >= 11 is 0. The van der Waals surface area contributed by atoms with Crippen molar-refractivity contribution in [1.82, 2.24) is 4.57 Å². The summed E-state index contributed by atoms with van der Waals surface area (Å²) in [6.07, 6.45) is 0. The van der Waals surface area contributed by atoms with Crippen molar-refractivity contribution in [3.05, 3.63) is 206 Å². The fourth-order valence-corrected chi connectivity index (χ4v) is 9.37. The molecule has 0 atom stereocenters. The van der Waals surface area contributed by atoms with Crippen LogP contribution in [0.4, 0.5) is 17.1 Å². The standard InChI is InChI=1S/C54H34N2/c1-2-18-44-35(12-1)26-27-38-30-37(28-29-45(38)44)36-13-9-15-40(31-36)55(43-32-39-14-10-23-50-46-19-3-4-20-47(46)51(34-43)54(39)50)41-16-11-17-42(33-41)56-52-24-7-5-21-48(52)49-22-6-8-25-53(49)56/h1-34H. The molecule has 0 bridgehead atoms. The monoisotopic (exact) mass is 710 g/mol. The molecule has 0 unspecified atom stereocenters. The second-order valence-corrected chi connectivity index (χ2v) is 14.9. The maximum atomic E-state index is 2.44. The molecule has 0 radical (unpaired) electrons. The molecule has 0 saturated heterocycles. The van der Waals surface area contributed by atoms with Gasteiger partial charge >= 0.3 is 0 Å². The first kappa shape index (κ1) is 31.0. The first-order chi connectivity index (χ1) is 27.8. The normalized spacial score (nSPS) is 11.9. The molecule has 11 aromatic rings. The van der Waals surface area contributed by atoms with Crippen molar-refractivity contribution in [2.75, 3.05) is 4.90 Å². The highest BCUT2D eigenvalue weighted by Crippen LogP contribution is 2.50. The SMILES string of the molecule is c1cc(-c2ccc3c(ccc4ccccc43)c2)cc(N(c2cccc(-n3c4ccccc4c4ccccc43)c2)c2cc3c4c(cccc4c2)-c2ccccc2-3)c1. The van der Waals surface area contributed by atoms with Gasteiger partial charge in [-0.25, -0.2) is 0 Å². The predicted molar refractivity (Wildman–Crippen MR) is 238 cm³/mol. The molecule has 2 heteroatoms. The zero-order valence-electron chi connectivity index (χ0n) is 30.5. The summed E-state index contributed by atoms with van der Waals surface area (Å²) in [7, 11) is 0. The van der Waals surface area contributed by atoms with Crippen molar-refractivity contribution in [3.63, 3.8) is 0 Å². The zero-order chi connectivity index (χ0) is 36.7. The fraction of sp³-hybridized carbons (Fsp3) is 0. The van der Waals surface area contributed by atoms with E-state index in [-0.39, 0.29) is 0 Å². The molecule has 1 aliphatic carbocycles. The molecular formula is C54H34N2. The van der Waals surface area contributed by atoms with E-state index in [0.29, 0.717) is 0 Å². The van der Waals surface area contributed by atoms with Crippen LogP contribution in [0.5, 0.6) is 0 Å². The van der Waals surface area contributed by atoms with Gasteiger partial charge < -0.3 is 9.47 Å². The molecule has 0 spiro atoms. The average Bonchev–Trinajstić information content (AvgIpc) is 3.77. The molecule has 0 aliphatic heterocycles. The number of aromatic nitrogens is 1. The zero-order valence-corrected chi connectivity index (χ0v) is 30.5. The van der Waals surface area contributed by atoms with E-state index in [2.05, 4.69) is 216 Å². The van der Waals surface area contributed by atoms with Crippen LogP contribution in [0, 0.1) is 0 Å². The van der Waals surface area contributed by atoms with Crippen LogP contribution in [0.3, 0.4) is 0 Å². The summed E-state index contributed by atoms with van der Waals surface area (Å²) in [5.74, 6) is 0. The Labute approximate surface area is 324 Å². The Bertz CT molecular complexity index is 3330. The van der Waals surface area contributed by atoms with E-state index in [1.807, 2.05) is 0 Å².